The van der Waals surface area contributed by atoms with Crippen LogP contribution in [0.5, 0.6) is 0 Å². The molecule has 0 radical (unpaired) electrons. The van der Waals surface area contributed by atoms with Crippen molar-refractivity contribution in [2.45, 2.75) is 58.4 Å². The number of aliphatic hydroxyl groups excluding tert-OH is 1. The summed E-state index contributed by atoms with van der Waals surface area (Å²) in [6.07, 6.45) is 5.62. The van der Waals surface area contributed by atoms with Crippen LogP contribution in [0, 0.1) is 0 Å². The maximum atomic E-state index is 9.04. The first-order chi connectivity index (χ1) is 6.24. The van der Waals surface area contributed by atoms with E-state index in [-0.39, 0.29) is 5.54 Å². The van der Waals surface area contributed by atoms with Crippen molar-refractivity contribution in [3.63, 3.8) is 0 Å². The predicted octanol–water partition coefficient (Wildman–Crippen LogP) is 2.32. The van der Waals surface area contributed by atoms with Gasteiger partial charge in [-0.1, -0.05) is 33.6 Å². The highest BCUT2D eigenvalue weighted by atomic mass is 16.3. The lowest BCUT2D eigenvalue weighted by atomic mass is 9.85. The Bertz CT molecular complexity index is 85.1. The Hall–Kier alpha value is -0.0800. The number of nitrogens with one attached hydrogen (secondary N) is 1. The van der Waals surface area contributed by atoms with Gasteiger partial charge in [-0.25, -0.2) is 0 Å². The van der Waals surface area contributed by atoms with E-state index in [0.29, 0.717) is 6.61 Å². The molecule has 0 aromatic carbocycles. The number of hydrogen-bond acceptors (Lipinski definition) is 2. The van der Waals surface area contributed by atoms with Gasteiger partial charge in [0, 0.05) is 12.1 Å². The topological polar surface area (TPSA) is 32.3 Å². The first-order valence-corrected chi connectivity index (χ1v) is 5.60. The zero-order valence-electron chi connectivity index (χ0n) is 9.40. The molecule has 0 aliphatic rings. The standard InChI is InChI=1S/C11H25NO/c1-4-7-11(8-5-2,9-10-13)12-6-3/h12-13H,4-10H2,1-3H3. The molecule has 0 aliphatic heterocycles. The largest absolute Gasteiger partial charge is 0.396 e. The van der Waals surface area contributed by atoms with Gasteiger partial charge in [-0.05, 0) is 25.8 Å². The first-order valence-electron chi connectivity index (χ1n) is 5.60. The molecule has 0 aromatic rings. The number of aliphatic hydroxyl groups is 1. The SMILES string of the molecule is CCCC(CCC)(CCO)NCC. The third-order valence-electron chi connectivity index (χ3n) is 2.60. The second kappa shape index (κ2) is 7.34. The predicted molar refractivity (Wildman–Crippen MR) is 57.9 cm³/mol. The molecule has 0 saturated carbocycles. The van der Waals surface area contributed by atoms with Crippen LogP contribution < -0.4 is 5.32 Å². The molecule has 0 aromatic heterocycles. The summed E-state index contributed by atoms with van der Waals surface area (Å²) in [4.78, 5) is 0. The Morgan fingerprint density at radius 3 is 1.85 bits per heavy atom. The van der Waals surface area contributed by atoms with Crippen LogP contribution in [0.3, 0.4) is 0 Å². The fourth-order valence-electron chi connectivity index (χ4n) is 2.19. The van der Waals surface area contributed by atoms with Crippen LogP contribution >= 0.6 is 0 Å². The highest BCUT2D eigenvalue weighted by Gasteiger charge is 2.25. The number of hydrogen-bond donors (Lipinski definition) is 2. The molecule has 0 bridgehead atoms. The maximum Gasteiger partial charge on any atom is 0.0448 e. The smallest absolute Gasteiger partial charge is 0.0448 e. The Morgan fingerprint density at radius 1 is 1.00 bits per heavy atom. The Kier molecular flexibility index (Phi) is 7.29. The summed E-state index contributed by atoms with van der Waals surface area (Å²) in [7, 11) is 0. The molecule has 2 nitrogen and oxygen atoms in total. The van der Waals surface area contributed by atoms with Crippen LogP contribution in [0.2, 0.25) is 0 Å². The van der Waals surface area contributed by atoms with Crippen LogP contribution in [0.4, 0.5) is 0 Å². The average molecular weight is 187 g/mol. The molecule has 2 N–H and O–H groups in total. The molecule has 80 valence electrons. The summed E-state index contributed by atoms with van der Waals surface area (Å²) in [5, 5.41) is 12.6. The Labute approximate surface area is 82.7 Å². The van der Waals surface area contributed by atoms with E-state index in [2.05, 4.69) is 26.1 Å². The molecule has 0 unspecified atom stereocenters. The summed E-state index contributed by atoms with van der Waals surface area (Å²) in [5.41, 5.74) is 0.201. The van der Waals surface area contributed by atoms with Gasteiger partial charge in [-0.2, -0.15) is 0 Å². The van der Waals surface area contributed by atoms with Crippen LogP contribution in [-0.2, 0) is 0 Å². The molecule has 0 fully saturated rings. The van der Waals surface area contributed by atoms with Gasteiger partial charge in [0.1, 0.15) is 0 Å². The summed E-state index contributed by atoms with van der Waals surface area (Å²) < 4.78 is 0. The molecule has 0 saturated heterocycles. The van der Waals surface area contributed by atoms with Crippen molar-refractivity contribution < 1.29 is 5.11 Å². The minimum Gasteiger partial charge on any atom is -0.396 e. The van der Waals surface area contributed by atoms with Gasteiger partial charge in [0.25, 0.3) is 0 Å². The summed E-state index contributed by atoms with van der Waals surface area (Å²) in [6, 6.07) is 0. The van der Waals surface area contributed by atoms with Gasteiger partial charge < -0.3 is 10.4 Å². The summed E-state index contributed by atoms with van der Waals surface area (Å²) in [5.74, 6) is 0. The summed E-state index contributed by atoms with van der Waals surface area (Å²) in [6.45, 7) is 7.85. The van der Waals surface area contributed by atoms with Crippen molar-refractivity contribution in [1.82, 2.24) is 5.32 Å². The zero-order valence-corrected chi connectivity index (χ0v) is 9.40. The Morgan fingerprint density at radius 2 is 1.54 bits per heavy atom. The minimum absolute atomic E-state index is 0.201. The van der Waals surface area contributed by atoms with Gasteiger partial charge in [-0.3, -0.25) is 0 Å². The highest BCUT2D eigenvalue weighted by Crippen LogP contribution is 2.23. The van der Waals surface area contributed by atoms with Crippen LogP contribution in [-0.4, -0.2) is 23.8 Å². The third kappa shape index (κ3) is 4.63. The molecule has 0 aliphatic carbocycles. The maximum absolute atomic E-state index is 9.04. The fourth-order valence-corrected chi connectivity index (χ4v) is 2.19. The molecule has 2 heteroatoms. The van der Waals surface area contributed by atoms with Crippen LogP contribution in [0.15, 0.2) is 0 Å². The molecule has 0 amide bonds. The second-order valence-corrected chi connectivity index (χ2v) is 3.78. The van der Waals surface area contributed by atoms with E-state index < -0.39 is 0 Å². The third-order valence-corrected chi connectivity index (χ3v) is 2.60. The van der Waals surface area contributed by atoms with Crippen molar-refractivity contribution in [3.05, 3.63) is 0 Å². The van der Waals surface area contributed by atoms with Crippen LogP contribution in [0.25, 0.3) is 0 Å². The molecule has 0 atom stereocenters. The van der Waals surface area contributed by atoms with Gasteiger partial charge in [0.2, 0.25) is 0 Å². The lowest BCUT2D eigenvalue weighted by molar-refractivity contribution is 0.189. The van der Waals surface area contributed by atoms with E-state index in [1.165, 1.54) is 25.7 Å². The summed E-state index contributed by atoms with van der Waals surface area (Å²) >= 11 is 0. The minimum atomic E-state index is 0.201. The van der Waals surface area contributed by atoms with E-state index in [1.54, 1.807) is 0 Å². The van der Waals surface area contributed by atoms with E-state index in [1.807, 2.05) is 0 Å². The van der Waals surface area contributed by atoms with Crippen molar-refractivity contribution in [3.8, 4) is 0 Å². The molecular weight excluding hydrogens is 162 g/mol. The molecule has 0 spiro atoms. The lowest BCUT2D eigenvalue weighted by Gasteiger charge is -2.34. The normalized spacial score (nSPS) is 12.0. The van der Waals surface area contributed by atoms with E-state index in [0.717, 1.165) is 13.0 Å². The van der Waals surface area contributed by atoms with Crippen molar-refractivity contribution in [1.29, 1.82) is 0 Å². The van der Waals surface area contributed by atoms with Crippen molar-refractivity contribution in [2.75, 3.05) is 13.2 Å². The monoisotopic (exact) mass is 187 g/mol. The van der Waals surface area contributed by atoms with Crippen molar-refractivity contribution >= 4 is 0 Å². The fraction of sp³-hybridized carbons (Fsp3) is 1.00. The van der Waals surface area contributed by atoms with E-state index in [4.69, 9.17) is 5.11 Å². The van der Waals surface area contributed by atoms with E-state index >= 15 is 0 Å². The Balaban J connectivity index is 4.19. The second-order valence-electron chi connectivity index (χ2n) is 3.78. The lowest BCUT2D eigenvalue weighted by Crippen LogP contribution is -2.45. The van der Waals surface area contributed by atoms with Gasteiger partial charge in [-0.15, -0.1) is 0 Å². The molecule has 13 heavy (non-hydrogen) atoms. The van der Waals surface area contributed by atoms with Gasteiger partial charge >= 0.3 is 0 Å². The van der Waals surface area contributed by atoms with E-state index in [9.17, 15) is 0 Å². The van der Waals surface area contributed by atoms with Crippen LogP contribution in [0.1, 0.15) is 52.9 Å². The van der Waals surface area contributed by atoms with Gasteiger partial charge in [0.15, 0.2) is 0 Å². The molecule has 0 heterocycles. The van der Waals surface area contributed by atoms with Crippen molar-refractivity contribution in [2.24, 2.45) is 0 Å². The first kappa shape index (κ1) is 12.9. The number of rotatable bonds is 8. The highest BCUT2D eigenvalue weighted by molar-refractivity contribution is 4.86. The molecular formula is C11H25NO. The zero-order chi connectivity index (χ0) is 10.2. The average Bonchev–Trinajstić information content (AvgIpc) is 2.06. The van der Waals surface area contributed by atoms with Gasteiger partial charge in [0.05, 0.1) is 0 Å². The molecule has 0 rings (SSSR count). The quantitative estimate of drug-likeness (QED) is 0.611.